The molecule has 0 unspecified atom stereocenters. The van der Waals surface area contributed by atoms with Crippen molar-refractivity contribution in [3.8, 4) is 16.3 Å². The van der Waals surface area contributed by atoms with Gasteiger partial charge in [-0.05, 0) is 32.9 Å². The second-order valence-corrected chi connectivity index (χ2v) is 7.08. The Bertz CT molecular complexity index is 735. The second-order valence-electron chi connectivity index (χ2n) is 6.22. The number of benzene rings is 1. The number of hydrogen-bond donors (Lipinski definition) is 2. The summed E-state index contributed by atoms with van der Waals surface area (Å²) in [5.41, 5.74) is 0.776. The summed E-state index contributed by atoms with van der Waals surface area (Å²) in [6.07, 6.45) is 0. The van der Waals surface area contributed by atoms with Crippen LogP contribution in [0.3, 0.4) is 0 Å². The van der Waals surface area contributed by atoms with Gasteiger partial charge in [0.1, 0.15) is 16.5 Å². The SMILES string of the molecule is COc1ccccc1-c1nc(C(=O)NCC(=O)NC(C)(C)C)cs1. The Labute approximate surface area is 145 Å². The smallest absolute Gasteiger partial charge is 0.271 e. The Morgan fingerprint density at radius 1 is 1.25 bits per heavy atom. The van der Waals surface area contributed by atoms with Crippen molar-refractivity contribution in [2.24, 2.45) is 0 Å². The molecule has 1 aromatic heterocycles. The first-order valence-corrected chi connectivity index (χ1v) is 8.36. The molecule has 2 amide bonds. The van der Waals surface area contributed by atoms with Crippen LogP contribution in [0, 0.1) is 0 Å². The third-order valence-electron chi connectivity index (χ3n) is 3.00. The van der Waals surface area contributed by atoms with E-state index in [0.717, 1.165) is 5.56 Å². The number of aromatic nitrogens is 1. The Hall–Kier alpha value is -2.41. The van der Waals surface area contributed by atoms with Crippen LogP contribution in [0.15, 0.2) is 29.6 Å². The molecule has 1 heterocycles. The number of thiazole rings is 1. The van der Waals surface area contributed by atoms with Gasteiger partial charge in [0, 0.05) is 10.9 Å². The lowest BCUT2D eigenvalue weighted by Crippen LogP contribution is -2.45. The number of methoxy groups -OCH3 is 1. The Morgan fingerprint density at radius 2 is 1.96 bits per heavy atom. The zero-order valence-corrected chi connectivity index (χ0v) is 15.0. The van der Waals surface area contributed by atoms with Gasteiger partial charge in [-0.1, -0.05) is 12.1 Å². The fourth-order valence-corrected chi connectivity index (χ4v) is 2.87. The Kier molecular flexibility index (Phi) is 5.56. The molecule has 0 radical (unpaired) electrons. The predicted octanol–water partition coefficient (Wildman–Crippen LogP) is 2.46. The van der Waals surface area contributed by atoms with E-state index >= 15 is 0 Å². The summed E-state index contributed by atoms with van der Waals surface area (Å²) in [5, 5.41) is 7.72. The standard InChI is InChI=1S/C17H21N3O3S/c1-17(2,3)20-14(21)9-18-15(22)12-10-24-16(19-12)11-7-5-6-8-13(11)23-4/h5-8,10H,9H2,1-4H3,(H,18,22)(H,20,21). The van der Waals surface area contributed by atoms with Crippen molar-refractivity contribution in [3.63, 3.8) is 0 Å². The molecule has 0 aliphatic carbocycles. The number of amides is 2. The number of nitrogens with one attached hydrogen (secondary N) is 2. The summed E-state index contributed by atoms with van der Waals surface area (Å²) in [5.74, 6) is 0.0795. The van der Waals surface area contributed by atoms with Crippen molar-refractivity contribution in [2.75, 3.05) is 13.7 Å². The molecule has 24 heavy (non-hydrogen) atoms. The first kappa shape index (κ1) is 17.9. The van der Waals surface area contributed by atoms with Gasteiger partial charge in [-0.15, -0.1) is 11.3 Å². The average Bonchev–Trinajstić information content (AvgIpc) is 3.00. The van der Waals surface area contributed by atoms with E-state index in [1.54, 1.807) is 12.5 Å². The largest absolute Gasteiger partial charge is 0.496 e. The van der Waals surface area contributed by atoms with Crippen LogP contribution in [0.1, 0.15) is 31.3 Å². The number of carbonyl (C=O) groups is 2. The van der Waals surface area contributed by atoms with Crippen molar-refractivity contribution in [1.82, 2.24) is 15.6 Å². The molecule has 7 heteroatoms. The lowest BCUT2D eigenvalue weighted by atomic mass is 10.1. The van der Waals surface area contributed by atoms with Crippen LogP contribution < -0.4 is 15.4 Å². The third kappa shape index (κ3) is 4.79. The molecule has 1 aromatic carbocycles. The highest BCUT2D eigenvalue weighted by Gasteiger charge is 2.17. The molecule has 2 N–H and O–H groups in total. The van der Waals surface area contributed by atoms with Crippen LogP contribution in [-0.2, 0) is 4.79 Å². The lowest BCUT2D eigenvalue weighted by Gasteiger charge is -2.20. The minimum absolute atomic E-state index is 0.0857. The van der Waals surface area contributed by atoms with Gasteiger partial charge in [-0.2, -0.15) is 0 Å². The molecular formula is C17H21N3O3S. The molecule has 2 rings (SSSR count). The average molecular weight is 347 g/mol. The van der Waals surface area contributed by atoms with E-state index in [4.69, 9.17) is 4.74 Å². The summed E-state index contributed by atoms with van der Waals surface area (Å²) in [6.45, 7) is 5.56. The first-order chi connectivity index (χ1) is 11.3. The lowest BCUT2D eigenvalue weighted by molar-refractivity contribution is -0.121. The van der Waals surface area contributed by atoms with Crippen molar-refractivity contribution in [3.05, 3.63) is 35.3 Å². The highest BCUT2D eigenvalue weighted by Crippen LogP contribution is 2.31. The maximum atomic E-state index is 12.1. The van der Waals surface area contributed by atoms with E-state index in [2.05, 4.69) is 15.6 Å². The highest BCUT2D eigenvalue weighted by molar-refractivity contribution is 7.13. The Balaban J connectivity index is 2.02. The van der Waals surface area contributed by atoms with Gasteiger partial charge in [-0.3, -0.25) is 9.59 Å². The van der Waals surface area contributed by atoms with E-state index < -0.39 is 0 Å². The number of carbonyl (C=O) groups excluding carboxylic acids is 2. The maximum absolute atomic E-state index is 12.1. The molecule has 0 bridgehead atoms. The summed E-state index contributed by atoms with van der Waals surface area (Å²) in [6, 6.07) is 7.48. The van der Waals surface area contributed by atoms with Crippen LogP contribution in [-0.4, -0.2) is 36.0 Å². The summed E-state index contributed by atoms with van der Waals surface area (Å²) in [7, 11) is 1.59. The maximum Gasteiger partial charge on any atom is 0.271 e. The van der Waals surface area contributed by atoms with Gasteiger partial charge in [0.25, 0.3) is 5.91 Å². The molecule has 0 saturated heterocycles. The van der Waals surface area contributed by atoms with E-state index in [0.29, 0.717) is 10.8 Å². The van der Waals surface area contributed by atoms with Crippen LogP contribution in [0.5, 0.6) is 5.75 Å². The van der Waals surface area contributed by atoms with Crippen molar-refractivity contribution in [2.45, 2.75) is 26.3 Å². The van der Waals surface area contributed by atoms with E-state index in [1.165, 1.54) is 11.3 Å². The topological polar surface area (TPSA) is 80.3 Å². The molecule has 6 nitrogen and oxygen atoms in total. The van der Waals surface area contributed by atoms with E-state index in [-0.39, 0.29) is 29.6 Å². The number of ether oxygens (including phenoxy) is 1. The zero-order valence-electron chi connectivity index (χ0n) is 14.2. The molecule has 0 spiro atoms. The monoisotopic (exact) mass is 347 g/mol. The summed E-state index contributed by atoms with van der Waals surface area (Å²) < 4.78 is 5.31. The van der Waals surface area contributed by atoms with Gasteiger partial charge in [0.2, 0.25) is 5.91 Å². The van der Waals surface area contributed by atoms with Gasteiger partial charge in [0.05, 0.1) is 19.2 Å². The highest BCUT2D eigenvalue weighted by atomic mass is 32.1. The van der Waals surface area contributed by atoms with Crippen molar-refractivity contribution in [1.29, 1.82) is 0 Å². The van der Waals surface area contributed by atoms with Crippen LogP contribution in [0.2, 0.25) is 0 Å². The Morgan fingerprint density at radius 3 is 2.62 bits per heavy atom. The molecular weight excluding hydrogens is 326 g/mol. The normalized spacial score (nSPS) is 11.0. The number of hydrogen-bond acceptors (Lipinski definition) is 5. The molecule has 0 atom stereocenters. The van der Waals surface area contributed by atoms with Gasteiger partial charge < -0.3 is 15.4 Å². The van der Waals surface area contributed by atoms with Crippen molar-refractivity contribution < 1.29 is 14.3 Å². The van der Waals surface area contributed by atoms with E-state index in [9.17, 15) is 9.59 Å². The number of rotatable bonds is 5. The number of para-hydroxylation sites is 1. The fraction of sp³-hybridized carbons (Fsp3) is 0.353. The van der Waals surface area contributed by atoms with E-state index in [1.807, 2.05) is 45.0 Å². The van der Waals surface area contributed by atoms with Crippen LogP contribution in [0.25, 0.3) is 10.6 Å². The van der Waals surface area contributed by atoms with Gasteiger partial charge in [-0.25, -0.2) is 4.98 Å². The van der Waals surface area contributed by atoms with Gasteiger partial charge >= 0.3 is 0 Å². The minimum atomic E-state index is -0.378. The quantitative estimate of drug-likeness (QED) is 0.871. The van der Waals surface area contributed by atoms with Gasteiger partial charge in [0.15, 0.2) is 0 Å². The van der Waals surface area contributed by atoms with Crippen molar-refractivity contribution >= 4 is 23.2 Å². The second kappa shape index (κ2) is 7.44. The van der Waals surface area contributed by atoms with Crippen LogP contribution >= 0.6 is 11.3 Å². The molecule has 0 aliphatic heterocycles. The molecule has 0 fully saturated rings. The first-order valence-electron chi connectivity index (χ1n) is 7.48. The molecule has 128 valence electrons. The molecule has 0 aliphatic rings. The molecule has 0 saturated carbocycles. The predicted molar refractivity (Wildman–Crippen MR) is 94.3 cm³/mol. The third-order valence-corrected chi connectivity index (χ3v) is 3.87. The number of nitrogens with zero attached hydrogens (tertiary/aromatic N) is 1. The minimum Gasteiger partial charge on any atom is -0.496 e. The fourth-order valence-electron chi connectivity index (χ4n) is 2.04. The zero-order chi connectivity index (χ0) is 17.7. The summed E-state index contributed by atoms with van der Waals surface area (Å²) >= 11 is 1.35. The molecule has 2 aromatic rings. The van der Waals surface area contributed by atoms with Crippen LogP contribution in [0.4, 0.5) is 0 Å². The summed E-state index contributed by atoms with van der Waals surface area (Å²) in [4.78, 5) is 28.2.